The zero-order chi connectivity index (χ0) is 19.0. The molecule has 0 unspecified atom stereocenters. The molecule has 7 nitrogen and oxygen atoms in total. The summed E-state index contributed by atoms with van der Waals surface area (Å²) in [6.07, 6.45) is 3.43. The number of nitrogens with zero attached hydrogens (tertiary/aromatic N) is 2. The van der Waals surface area contributed by atoms with Crippen molar-refractivity contribution in [2.24, 2.45) is 4.99 Å². The molecule has 0 spiro atoms. The van der Waals surface area contributed by atoms with E-state index in [2.05, 4.69) is 9.73 Å². The van der Waals surface area contributed by atoms with E-state index >= 15 is 0 Å². The van der Waals surface area contributed by atoms with Gasteiger partial charge in [0.15, 0.2) is 0 Å². The van der Waals surface area contributed by atoms with Gasteiger partial charge in [0.1, 0.15) is 5.76 Å². The Morgan fingerprint density at radius 2 is 2.15 bits per heavy atom. The number of rotatable bonds is 4. The molecule has 4 rings (SSSR count). The van der Waals surface area contributed by atoms with Gasteiger partial charge >= 0.3 is 10.8 Å². The van der Waals surface area contributed by atoms with Gasteiger partial charge in [0.25, 0.3) is 0 Å². The van der Waals surface area contributed by atoms with Crippen LogP contribution >= 0.6 is 11.3 Å². The van der Waals surface area contributed by atoms with Gasteiger partial charge in [-0.05, 0) is 24.3 Å². The molecule has 2 aromatic heterocycles. The third-order valence-corrected chi connectivity index (χ3v) is 5.02. The average Bonchev–Trinajstić information content (AvgIpc) is 3.37. The Kier molecular flexibility index (Phi) is 4.25. The van der Waals surface area contributed by atoms with Crippen LogP contribution in [0.15, 0.2) is 50.6 Å². The molecule has 0 aliphatic carbocycles. The van der Waals surface area contributed by atoms with Crippen molar-refractivity contribution in [3.8, 4) is 5.88 Å². The van der Waals surface area contributed by atoms with E-state index in [4.69, 9.17) is 4.42 Å². The molecule has 3 aromatic rings. The number of methoxy groups -OCH3 is 1. The number of aromatic nitrogens is 1. The van der Waals surface area contributed by atoms with Crippen molar-refractivity contribution >= 4 is 40.9 Å². The molecule has 0 amide bonds. The van der Waals surface area contributed by atoms with Crippen molar-refractivity contribution in [1.29, 1.82) is 0 Å². The van der Waals surface area contributed by atoms with E-state index < -0.39 is 5.97 Å². The Labute approximate surface area is 157 Å². The number of furan rings is 1. The number of allylic oxidation sites excluding steroid dienone is 1. The number of aromatic hydroxyl groups is 1. The highest BCUT2D eigenvalue weighted by atomic mass is 32.1. The summed E-state index contributed by atoms with van der Waals surface area (Å²) < 4.78 is 11.1. The molecule has 0 bridgehead atoms. The number of thiazole rings is 1. The van der Waals surface area contributed by atoms with Crippen LogP contribution < -0.4 is 4.87 Å². The van der Waals surface area contributed by atoms with Crippen LogP contribution in [0.1, 0.15) is 26.8 Å². The van der Waals surface area contributed by atoms with Crippen molar-refractivity contribution in [2.75, 3.05) is 7.11 Å². The van der Waals surface area contributed by atoms with Crippen LogP contribution in [0.25, 0.3) is 11.6 Å². The zero-order valence-corrected chi connectivity index (χ0v) is 15.0. The molecule has 0 atom stereocenters. The Morgan fingerprint density at radius 3 is 2.96 bits per heavy atom. The zero-order valence-electron chi connectivity index (χ0n) is 14.2. The number of carbonyl (C=O) groups excluding carboxylic acids is 1. The van der Waals surface area contributed by atoms with Crippen LogP contribution in [0.4, 0.5) is 5.69 Å². The van der Waals surface area contributed by atoms with Crippen LogP contribution in [0.3, 0.4) is 0 Å². The van der Waals surface area contributed by atoms with Crippen molar-refractivity contribution in [3.05, 3.63) is 68.0 Å². The fraction of sp³-hybridized carbons (Fsp3) is 0.105. The van der Waals surface area contributed by atoms with Gasteiger partial charge in [0, 0.05) is 17.4 Å². The molecule has 1 aromatic carbocycles. The first-order valence-electron chi connectivity index (χ1n) is 8.01. The first-order chi connectivity index (χ1) is 13.1. The standard InChI is InChI=1S/C19H14N2O5S/c1-25-18(23)15-7-6-12(26-15)10-21-17(22)16(27-19(21)24)8-11-9-20-14-5-3-2-4-13(11)14/h2-9,22H,10H2,1H3/b11-8+. The molecule has 1 aliphatic rings. The topological polar surface area (TPSA) is 94.0 Å². The second-order valence-corrected chi connectivity index (χ2v) is 6.77. The molecule has 27 heavy (non-hydrogen) atoms. The molecule has 0 saturated heterocycles. The number of hydrogen-bond donors (Lipinski definition) is 1. The van der Waals surface area contributed by atoms with E-state index in [9.17, 15) is 14.7 Å². The Balaban J connectivity index is 1.64. The SMILES string of the molecule is COC(=O)c1ccc(Cn2c(O)c(/C=C3\C=Nc4ccccc43)sc2=O)o1. The third-order valence-electron chi connectivity index (χ3n) is 4.10. The van der Waals surface area contributed by atoms with Crippen molar-refractivity contribution in [1.82, 2.24) is 4.57 Å². The highest BCUT2D eigenvalue weighted by molar-refractivity contribution is 7.10. The third kappa shape index (κ3) is 3.11. The van der Waals surface area contributed by atoms with Crippen molar-refractivity contribution < 1.29 is 19.1 Å². The highest BCUT2D eigenvalue weighted by Gasteiger charge is 2.18. The highest BCUT2D eigenvalue weighted by Crippen LogP contribution is 2.34. The van der Waals surface area contributed by atoms with Gasteiger partial charge in [0.2, 0.25) is 11.6 Å². The first-order valence-corrected chi connectivity index (χ1v) is 8.83. The van der Waals surface area contributed by atoms with E-state index in [1.54, 1.807) is 18.4 Å². The van der Waals surface area contributed by atoms with E-state index in [0.717, 1.165) is 28.2 Å². The van der Waals surface area contributed by atoms with E-state index in [0.29, 0.717) is 10.6 Å². The Hall–Kier alpha value is -3.39. The van der Waals surface area contributed by atoms with E-state index in [-0.39, 0.29) is 23.1 Å². The fourth-order valence-electron chi connectivity index (χ4n) is 2.77. The lowest BCUT2D eigenvalue weighted by Crippen LogP contribution is -2.12. The number of carbonyl (C=O) groups is 1. The van der Waals surface area contributed by atoms with Crippen molar-refractivity contribution in [2.45, 2.75) is 6.54 Å². The van der Waals surface area contributed by atoms with Crippen LogP contribution in [-0.4, -0.2) is 29.0 Å². The van der Waals surface area contributed by atoms with Crippen LogP contribution in [0, 0.1) is 0 Å². The maximum absolute atomic E-state index is 12.3. The molecular formula is C19H14N2O5S. The van der Waals surface area contributed by atoms with Crippen LogP contribution in [0.5, 0.6) is 5.88 Å². The average molecular weight is 382 g/mol. The number of para-hydroxylation sites is 1. The van der Waals surface area contributed by atoms with E-state index in [1.165, 1.54) is 17.7 Å². The molecule has 0 saturated carbocycles. The predicted molar refractivity (Wildman–Crippen MR) is 102 cm³/mol. The lowest BCUT2D eigenvalue weighted by Gasteiger charge is -2.02. The predicted octanol–water partition coefficient (Wildman–Crippen LogP) is 3.30. The van der Waals surface area contributed by atoms with Gasteiger partial charge in [-0.2, -0.15) is 0 Å². The van der Waals surface area contributed by atoms with Crippen LogP contribution in [-0.2, 0) is 11.3 Å². The summed E-state index contributed by atoms with van der Waals surface area (Å²) in [5.74, 6) is -0.368. The number of esters is 1. The lowest BCUT2D eigenvalue weighted by molar-refractivity contribution is 0.0563. The Morgan fingerprint density at radius 1 is 1.33 bits per heavy atom. The number of benzene rings is 1. The number of hydrogen-bond acceptors (Lipinski definition) is 7. The summed E-state index contributed by atoms with van der Waals surface area (Å²) in [6.45, 7) is 0.00596. The molecule has 1 aliphatic heterocycles. The fourth-order valence-corrected chi connectivity index (χ4v) is 3.61. The molecule has 0 radical (unpaired) electrons. The minimum atomic E-state index is -0.604. The molecule has 136 valence electrons. The second kappa shape index (κ2) is 6.73. The smallest absolute Gasteiger partial charge is 0.373 e. The second-order valence-electron chi connectivity index (χ2n) is 5.77. The molecule has 8 heteroatoms. The van der Waals surface area contributed by atoms with Crippen LogP contribution in [0.2, 0.25) is 0 Å². The monoisotopic (exact) mass is 382 g/mol. The maximum Gasteiger partial charge on any atom is 0.373 e. The first kappa shape index (κ1) is 17.0. The normalized spacial score (nSPS) is 13.9. The largest absolute Gasteiger partial charge is 0.493 e. The van der Waals surface area contributed by atoms with E-state index in [1.807, 2.05) is 24.3 Å². The Bertz CT molecular complexity index is 1150. The summed E-state index contributed by atoms with van der Waals surface area (Å²) in [5.41, 5.74) is 2.61. The lowest BCUT2D eigenvalue weighted by atomic mass is 10.1. The minimum Gasteiger partial charge on any atom is -0.493 e. The van der Waals surface area contributed by atoms with Gasteiger partial charge in [-0.15, -0.1) is 0 Å². The number of aliphatic imine (C=N–C) groups is 1. The summed E-state index contributed by atoms with van der Waals surface area (Å²) in [4.78, 5) is 28.2. The van der Waals surface area contributed by atoms with Gasteiger partial charge in [-0.3, -0.25) is 14.4 Å². The van der Waals surface area contributed by atoms with Gasteiger partial charge in [-0.25, -0.2) is 4.79 Å². The summed E-state index contributed by atoms with van der Waals surface area (Å²) in [5, 5.41) is 10.5. The molecule has 1 N–H and O–H groups in total. The van der Waals surface area contributed by atoms with Gasteiger partial charge in [-0.1, -0.05) is 29.5 Å². The van der Waals surface area contributed by atoms with Gasteiger partial charge < -0.3 is 14.3 Å². The maximum atomic E-state index is 12.3. The quantitative estimate of drug-likeness (QED) is 0.699. The molecule has 3 heterocycles. The molecule has 0 fully saturated rings. The molecular weight excluding hydrogens is 368 g/mol. The summed E-state index contributed by atoms with van der Waals surface area (Å²) >= 11 is 0.925. The van der Waals surface area contributed by atoms with Crippen molar-refractivity contribution in [3.63, 3.8) is 0 Å². The summed E-state index contributed by atoms with van der Waals surface area (Å²) in [7, 11) is 1.25. The summed E-state index contributed by atoms with van der Waals surface area (Å²) in [6, 6.07) is 10.7. The number of fused-ring (bicyclic) bond motifs is 1. The van der Waals surface area contributed by atoms with Gasteiger partial charge in [0.05, 0.1) is 24.2 Å². The minimum absolute atomic E-state index is 0.00596. The number of ether oxygens (including phenoxy) is 1.